The zero-order valence-corrected chi connectivity index (χ0v) is 15.3. The molecule has 2 aromatic rings. The first kappa shape index (κ1) is 16.1. The monoisotopic (exact) mass is 347 g/mol. The first-order chi connectivity index (χ1) is 11.6. The number of aromatic nitrogens is 2. The highest BCUT2D eigenvalue weighted by molar-refractivity contribution is 7.15. The molecule has 4 heterocycles. The summed E-state index contributed by atoms with van der Waals surface area (Å²) in [5.74, 6) is 0.140. The Kier molecular flexibility index (Phi) is 4.32. The van der Waals surface area contributed by atoms with Crippen LogP contribution in [0.25, 0.3) is 4.96 Å². The van der Waals surface area contributed by atoms with Gasteiger partial charge < -0.3 is 9.80 Å². The van der Waals surface area contributed by atoms with Gasteiger partial charge in [0.15, 0.2) is 4.96 Å². The number of piperidine rings is 1. The average molecular weight is 347 g/mol. The lowest BCUT2D eigenvalue weighted by Crippen LogP contribution is -2.54. The topological polar surface area (TPSA) is 44.1 Å². The molecule has 0 saturated carbocycles. The van der Waals surface area contributed by atoms with Crippen LogP contribution in [0.5, 0.6) is 0 Å². The molecule has 2 saturated heterocycles. The van der Waals surface area contributed by atoms with Gasteiger partial charge in [-0.25, -0.2) is 4.98 Å². The first-order valence-corrected chi connectivity index (χ1v) is 9.65. The molecule has 0 unspecified atom stereocenters. The van der Waals surface area contributed by atoms with Crippen molar-refractivity contribution in [3.05, 3.63) is 23.0 Å². The van der Waals surface area contributed by atoms with E-state index in [1.807, 2.05) is 27.8 Å². The maximum absolute atomic E-state index is 12.9. The highest BCUT2D eigenvalue weighted by Crippen LogP contribution is 2.21. The highest BCUT2D eigenvalue weighted by Gasteiger charge is 2.29. The Morgan fingerprint density at radius 2 is 1.88 bits per heavy atom. The molecule has 0 aromatic carbocycles. The van der Waals surface area contributed by atoms with Gasteiger partial charge in [-0.1, -0.05) is 0 Å². The number of likely N-dealkylation sites (tertiary alicyclic amines) is 1. The number of thiazole rings is 1. The van der Waals surface area contributed by atoms with Crippen molar-refractivity contribution < 1.29 is 4.79 Å². The summed E-state index contributed by atoms with van der Waals surface area (Å²) in [6.07, 6.45) is 4.46. The van der Waals surface area contributed by atoms with Crippen molar-refractivity contribution in [2.24, 2.45) is 0 Å². The summed E-state index contributed by atoms with van der Waals surface area (Å²) < 4.78 is 1.94. The number of imidazole rings is 1. The summed E-state index contributed by atoms with van der Waals surface area (Å²) in [5, 5.41) is 1.94. The third-order valence-corrected chi connectivity index (χ3v) is 6.19. The van der Waals surface area contributed by atoms with Crippen LogP contribution in [0.4, 0.5) is 0 Å². The number of nitrogens with zero attached hydrogens (tertiary/aromatic N) is 5. The summed E-state index contributed by atoms with van der Waals surface area (Å²) in [4.78, 5) is 25.2. The molecule has 7 heteroatoms. The molecule has 6 nitrogen and oxygen atoms in total. The standard InChI is InChI=1S/C17H25N5OS/c1-13-11-22-15(12-24-17(22)18-13)16(23)21-9-7-20(8-10-21)14-3-5-19(2)6-4-14/h11-12,14H,3-10H2,1-2H3. The molecule has 2 fully saturated rings. The van der Waals surface area contributed by atoms with E-state index in [2.05, 4.69) is 21.8 Å². The minimum Gasteiger partial charge on any atom is -0.335 e. The van der Waals surface area contributed by atoms with Crippen molar-refractivity contribution in [3.63, 3.8) is 0 Å². The van der Waals surface area contributed by atoms with Gasteiger partial charge in [0.1, 0.15) is 5.69 Å². The summed E-state index contributed by atoms with van der Waals surface area (Å²) in [7, 11) is 2.20. The smallest absolute Gasteiger partial charge is 0.271 e. The van der Waals surface area contributed by atoms with E-state index in [0.29, 0.717) is 6.04 Å². The molecule has 0 bridgehead atoms. The molecule has 0 spiro atoms. The van der Waals surface area contributed by atoms with E-state index in [9.17, 15) is 4.79 Å². The normalized spacial score (nSPS) is 21.7. The highest BCUT2D eigenvalue weighted by atomic mass is 32.1. The Labute approximate surface area is 146 Å². The number of hydrogen-bond donors (Lipinski definition) is 0. The second-order valence-electron chi connectivity index (χ2n) is 7.02. The summed E-state index contributed by atoms with van der Waals surface area (Å²) in [6.45, 7) is 8.00. The van der Waals surface area contributed by atoms with Gasteiger partial charge in [0.05, 0.1) is 5.69 Å². The number of rotatable bonds is 2. The maximum Gasteiger partial charge on any atom is 0.271 e. The SMILES string of the molecule is Cc1cn2c(C(=O)N3CCN(C4CCN(C)CC4)CC3)csc2n1. The van der Waals surface area contributed by atoms with Crippen LogP contribution >= 0.6 is 11.3 Å². The lowest BCUT2D eigenvalue weighted by atomic mass is 10.0. The Balaban J connectivity index is 1.39. The second-order valence-corrected chi connectivity index (χ2v) is 7.85. The molecule has 0 aliphatic carbocycles. The fourth-order valence-electron chi connectivity index (χ4n) is 3.86. The van der Waals surface area contributed by atoms with Gasteiger partial charge in [-0.2, -0.15) is 0 Å². The number of aryl methyl sites for hydroxylation is 1. The molecule has 24 heavy (non-hydrogen) atoms. The molecule has 0 N–H and O–H groups in total. The van der Waals surface area contributed by atoms with Gasteiger partial charge >= 0.3 is 0 Å². The Hall–Kier alpha value is -1.44. The molecule has 4 rings (SSSR count). The first-order valence-electron chi connectivity index (χ1n) is 8.77. The van der Waals surface area contributed by atoms with Crippen molar-refractivity contribution in [3.8, 4) is 0 Å². The number of piperazine rings is 1. The molecular formula is C17H25N5OS. The number of carbonyl (C=O) groups excluding carboxylic acids is 1. The number of hydrogen-bond acceptors (Lipinski definition) is 5. The lowest BCUT2D eigenvalue weighted by Gasteiger charge is -2.42. The number of amides is 1. The van der Waals surface area contributed by atoms with Crippen LogP contribution in [0.2, 0.25) is 0 Å². The molecule has 130 valence electrons. The molecule has 2 aromatic heterocycles. The van der Waals surface area contributed by atoms with E-state index in [1.54, 1.807) is 0 Å². The summed E-state index contributed by atoms with van der Waals surface area (Å²) in [6, 6.07) is 0.697. The van der Waals surface area contributed by atoms with Crippen molar-refractivity contribution in [2.45, 2.75) is 25.8 Å². The Morgan fingerprint density at radius 3 is 2.58 bits per heavy atom. The van der Waals surface area contributed by atoms with Crippen LogP contribution in [0.15, 0.2) is 11.6 Å². The lowest BCUT2D eigenvalue weighted by molar-refractivity contribution is 0.0470. The van der Waals surface area contributed by atoms with Crippen molar-refractivity contribution >= 4 is 22.2 Å². The van der Waals surface area contributed by atoms with Gasteiger partial charge in [0, 0.05) is 43.8 Å². The van der Waals surface area contributed by atoms with Gasteiger partial charge in [-0.3, -0.25) is 14.1 Å². The van der Waals surface area contributed by atoms with Crippen LogP contribution in [0.3, 0.4) is 0 Å². The van der Waals surface area contributed by atoms with E-state index in [4.69, 9.17) is 0 Å². The Bertz CT molecular complexity index is 722. The van der Waals surface area contributed by atoms with Crippen LogP contribution in [-0.2, 0) is 0 Å². The minimum absolute atomic E-state index is 0.140. The predicted octanol–water partition coefficient (Wildman–Crippen LogP) is 1.56. The minimum atomic E-state index is 0.140. The molecular weight excluding hydrogens is 322 g/mol. The molecule has 0 atom stereocenters. The maximum atomic E-state index is 12.9. The second kappa shape index (κ2) is 6.46. The third-order valence-electron chi connectivity index (χ3n) is 5.35. The molecule has 0 radical (unpaired) electrons. The fraction of sp³-hybridized carbons (Fsp3) is 0.647. The predicted molar refractivity (Wildman–Crippen MR) is 95.8 cm³/mol. The van der Waals surface area contributed by atoms with Crippen molar-refractivity contribution in [1.29, 1.82) is 0 Å². The van der Waals surface area contributed by atoms with Crippen molar-refractivity contribution in [1.82, 2.24) is 24.1 Å². The van der Waals surface area contributed by atoms with Crippen LogP contribution < -0.4 is 0 Å². The van der Waals surface area contributed by atoms with Gasteiger partial charge in [-0.05, 0) is 39.9 Å². The average Bonchev–Trinajstić information content (AvgIpc) is 3.14. The quantitative estimate of drug-likeness (QED) is 0.827. The van der Waals surface area contributed by atoms with Gasteiger partial charge in [0.25, 0.3) is 5.91 Å². The number of fused-ring (bicyclic) bond motifs is 1. The van der Waals surface area contributed by atoms with Gasteiger partial charge in [-0.15, -0.1) is 11.3 Å². The molecule has 2 aliphatic rings. The Morgan fingerprint density at radius 1 is 1.17 bits per heavy atom. The van der Waals surface area contributed by atoms with E-state index in [-0.39, 0.29) is 5.91 Å². The van der Waals surface area contributed by atoms with Crippen molar-refractivity contribution in [2.75, 3.05) is 46.3 Å². The summed E-state index contributed by atoms with van der Waals surface area (Å²) in [5.41, 5.74) is 1.71. The van der Waals surface area contributed by atoms with E-state index >= 15 is 0 Å². The van der Waals surface area contributed by atoms with E-state index < -0.39 is 0 Å². The zero-order valence-electron chi connectivity index (χ0n) is 14.4. The number of carbonyl (C=O) groups is 1. The fourth-order valence-corrected chi connectivity index (χ4v) is 4.76. The third kappa shape index (κ3) is 2.96. The molecule has 1 amide bonds. The zero-order chi connectivity index (χ0) is 16.7. The van der Waals surface area contributed by atoms with E-state index in [1.165, 1.54) is 37.3 Å². The van der Waals surface area contributed by atoms with Crippen LogP contribution in [0.1, 0.15) is 29.0 Å². The largest absolute Gasteiger partial charge is 0.335 e. The van der Waals surface area contributed by atoms with E-state index in [0.717, 1.165) is 42.5 Å². The summed E-state index contributed by atoms with van der Waals surface area (Å²) >= 11 is 1.54. The van der Waals surface area contributed by atoms with Crippen LogP contribution in [-0.4, -0.2) is 82.3 Å². The van der Waals surface area contributed by atoms with Crippen LogP contribution in [0, 0.1) is 6.92 Å². The molecule has 2 aliphatic heterocycles. The van der Waals surface area contributed by atoms with Gasteiger partial charge in [0.2, 0.25) is 0 Å².